The number of rotatable bonds is 8. The molecule has 0 saturated heterocycles. The van der Waals surface area contributed by atoms with Gasteiger partial charge in [0.05, 0.1) is 17.7 Å². The van der Waals surface area contributed by atoms with Gasteiger partial charge in [0.2, 0.25) is 0 Å². The number of alkyl halides is 1. The van der Waals surface area contributed by atoms with E-state index in [1.54, 1.807) is 14.0 Å². The number of ether oxygens (including phenoxy) is 1. The van der Waals surface area contributed by atoms with Crippen LogP contribution in [0.1, 0.15) is 26.2 Å². The Hall–Kier alpha value is 0.200. The summed E-state index contributed by atoms with van der Waals surface area (Å²) in [6.45, 7) is 2.20. The topological polar surface area (TPSA) is 43.4 Å². The largest absolute Gasteiger partial charge is 0.383 e. The third-order valence-corrected chi connectivity index (χ3v) is 4.14. The van der Waals surface area contributed by atoms with Crippen LogP contribution in [0.5, 0.6) is 0 Å². The molecule has 0 fully saturated rings. The maximum atomic E-state index is 11.1. The number of sulfone groups is 1. The maximum Gasteiger partial charge on any atom is 0.150 e. The fourth-order valence-corrected chi connectivity index (χ4v) is 2.31. The molecule has 3 nitrogen and oxygen atoms in total. The van der Waals surface area contributed by atoms with Crippen molar-refractivity contribution in [2.75, 3.05) is 25.2 Å². The molecule has 0 heterocycles. The Morgan fingerprint density at radius 2 is 2.00 bits per heavy atom. The maximum absolute atomic E-state index is 11.1. The lowest BCUT2D eigenvalue weighted by Gasteiger charge is -2.07. The molecule has 5 heteroatoms. The molecular formula is C9H19ClO3S. The van der Waals surface area contributed by atoms with Crippen LogP contribution in [0, 0.1) is 0 Å². The highest BCUT2D eigenvalue weighted by atomic mass is 35.5. The minimum absolute atomic E-state index is 0.00401. The fourth-order valence-electron chi connectivity index (χ4n) is 1.10. The zero-order chi connectivity index (χ0) is 11.0. The van der Waals surface area contributed by atoms with Crippen LogP contribution in [0.4, 0.5) is 0 Å². The molecular weight excluding hydrogens is 224 g/mol. The molecule has 86 valence electrons. The Morgan fingerprint density at radius 3 is 2.50 bits per heavy atom. The van der Waals surface area contributed by atoms with Crippen LogP contribution < -0.4 is 0 Å². The smallest absolute Gasteiger partial charge is 0.150 e. The fraction of sp³-hybridized carbons (Fsp3) is 1.00. The second kappa shape index (κ2) is 7.49. The summed E-state index contributed by atoms with van der Waals surface area (Å²) in [6.07, 6.45) is 2.36. The predicted molar refractivity (Wildman–Crippen MR) is 59.7 cm³/mol. The highest BCUT2D eigenvalue weighted by molar-refractivity contribution is 7.91. The number of methoxy groups -OCH3 is 1. The molecule has 0 saturated carbocycles. The van der Waals surface area contributed by atoms with Crippen LogP contribution >= 0.6 is 11.6 Å². The van der Waals surface area contributed by atoms with Crippen molar-refractivity contribution in [1.29, 1.82) is 0 Å². The summed E-state index contributed by atoms with van der Waals surface area (Å²) in [6, 6.07) is 0. The van der Waals surface area contributed by atoms with Crippen LogP contribution in [0.15, 0.2) is 0 Å². The first-order valence-electron chi connectivity index (χ1n) is 4.85. The van der Waals surface area contributed by atoms with E-state index in [-0.39, 0.29) is 16.9 Å². The second-order valence-corrected chi connectivity index (χ2v) is 6.37. The highest BCUT2D eigenvalue weighted by Crippen LogP contribution is 2.09. The lowest BCUT2D eigenvalue weighted by atomic mass is 10.2. The van der Waals surface area contributed by atoms with E-state index in [4.69, 9.17) is 16.3 Å². The molecule has 1 unspecified atom stereocenters. The first kappa shape index (κ1) is 14.2. The van der Waals surface area contributed by atoms with Crippen LogP contribution in [-0.2, 0) is 14.6 Å². The molecule has 0 aromatic rings. The third kappa shape index (κ3) is 7.59. The van der Waals surface area contributed by atoms with Crippen molar-refractivity contribution in [2.24, 2.45) is 0 Å². The van der Waals surface area contributed by atoms with E-state index < -0.39 is 9.84 Å². The Balaban J connectivity index is 3.47. The Morgan fingerprint density at radius 1 is 1.36 bits per heavy atom. The van der Waals surface area contributed by atoms with E-state index in [1.807, 2.05) is 0 Å². The van der Waals surface area contributed by atoms with Gasteiger partial charge in [-0.15, -0.1) is 11.6 Å². The van der Waals surface area contributed by atoms with E-state index in [2.05, 4.69) is 0 Å². The van der Waals surface area contributed by atoms with E-state index in [0.29, 0.717) is 13.0 Å². The molecule has 0 aromatic heterocycles. The van der Waals surface area contributed by atoms with Gasteiger partial charge >= 0.3 is 0 Å². The first-order valence-corrected chi connectivity index (χ1v) is 7.11. The normalized spacial score (nSPS) is 14.2. The zero-order valence-electron chi connectivity index (χ0n) is 8.83. The SMILES string of the molecule is CCS(=O)(=O)CCCCC(Cl)COC. The van der Waals surface area contributed by atoms with Gasteiger partial charge in [0.1, 0.15) is 9.84 Å². The van der Waals surface area contributed by atoms with Gasteiger partial charge in [-0.3, -0.25) is 0 Å². The summed E-state index contributed by atoms with van der Waals surface area (Å²) >= 11 is 5.89. The minimum Gasteiger partial charge on any atom is -0.383 e. The van der Waals surface area contributed by atoms with Crippen molar-refractivity contribution in [3.63, 3.8) is 0 Å². The summed E-state index contributed by atoms with van der Waals surface area (Å²) in [7, 11) is -1.20. The summed E-state index contributed by atoms with van der Waals surface area (Å²) < 4.78 is 27.1. The van der Waals surface area contributed by atoms with Crippen molar-refractivity contribution in [1.82, 2.24) is 0 Å². The van der Waals surface area contributed by atoms with Crippen molar-refractivity contribution >= 4 is 21.4 Å². The van der Waals surface area contributed by atoms with Gasteiger partial charge in [-0.25, -0.2) is 8.42 Å². The molecule has 0 radical (unpaired) electrons. The summed E-state index contributed by atoms with van der Waals surface area (Å²) in [5.74, 6) is 0.509. The van der Waals surface area contributed by atoms with E-state index in [9.17, 15) is 8.42 Å². The molecule has 0 aliphatic carbocycles. The van der Waals surface area contributed by atoms with Crippen molar-refractivity contribution < 1.29 is 13.2 Å². The average Bonchev–Trinajstić information content (AvgIpc) is 2.13. The molecule has 0 spiro atoms. The lowest BCUT2D eigenvalue weighted by Crippen LogP contribution is -2.10. The molecule has 0 amide bonds. The van der Waals surface area contributed by atoms with Gasteiger partial charge in [-0.2, -0.15) is 0 Å². The molecule has 0 rings (SSSR count). The van der Waals surface area contributed by atoms with E-state index in [0.717, 1.165) is 12.8 Å². The second-order valence-electron chi connectivity index (χ2n) is 3.28. The Bertz CT molecular complexity index is 226. The van der Waals surface area contributed by atoms with Gasteiger partial charge in [0.25, 0.3) is 0 Å². The lowest BCUT2D eigenvalue weighted by molar-refractivity contribution is 0.195. The van der Waals surface area contributed by atoms with Crippen molar-refractivity contribution in [2.45, 2.75) is 31.6 Å². The molecule has 0 bridgehead atoms. The summed E-state index contributed by atoms with van der Waals surface area (Å²) in [5, 5.41) is 0.00401. The third-order valence-electron chi connectivity index (χ3n) is 2.01. The van der Waals surface area contributed by atoms with E-state index >= 15 is 0 Å². The Labute approximate surface area is 91.7 Å². The molecule has 0 aromatic carbocycles. The molecule has 0 N–H and O–H groups in total. The number of hydrogen-bond donors (Lipinski definition) is 0. The van der Waals surface area contributed by atoms with Gasteiger partial charge < -0.3 is 4.74 Å². The predicted octanol–water partition coefficient (Wildman–Crippen LogP) is 1.85. The van der Waals surface area contributed by atoms with Gasteiger partial charge in [0, 0.05) is 12.9 Å². The molecule has 0 aliphatic heterocycles. The average molecular weight is 243 g/mol. The van der Waals surface area contributed by atoms with Crippen LogP contribution in [0.2, 0.25) is 0 Å². The molecule has 14 heavy (non-hydrogen) atoms. The molecule has 1 atom stereocenters. The van der Waals surface area contributed by atoms with Gasteiger partial charge in [-0.05, 0) is 12.8 Å². The van der Waals surface area contributed by atoms with Crippen LogP contribution in [0.3, 0.4) is 0 Å². The number of hydrogen-bond acceptors (Lipinski definition) is 3. The highest BCUT2D eigenvalue weighted by Gasteiger charge is 2.08. The number of unbranched alkanes of at least 4 members (excludes halogenated alkanes) is 1. The van der Waals surface area contributed by atoms with Crippen molar-refractivity contribution in [3.05, 3.63) is 0 Å². The molecule has 0 aliphatic rings. The quantitative estimate of drug-likeness (QED) is 0.482. The van der Waals surface area contributed by atoms with Crippen LogP contribution in [-0.4, -0.2) is 39.0 Å². The summed E-state index contributed by atoms with van der Waals surface area (Å²) in [5.41, 5.74) is 0. The van der Waals surface area contributed by atoms with E-state index in [1.165, 1.54) is 0 Å². The standard InChI is InChI=1S/C9H19ClO3S/c1-3-14(11,12)7-5-4-6-9(10)8-13-2/h9H,3-8H2,1-2H3. The first-order chi connectivity index (χ1) is 6.52. The van der Waals surface area contributed by atoms with Crippen molar-refractivity contribution in [3.8, 4) is 0 Å². The number of halogens is 1. The van der Waals surface area contributed by atoms with Gasteiger partial charge in [-0.1, -0.05) is 13.3 Å². The minimum atomic E-state index is -2.80. The Kier molecular flexibility index (Phi) is 7.59. The monoisotopic (exact) mass is 242 g/mol. The van der Waals surface area contributed by atoms with Crippen LogP contribution in [0.25, 0.3) is 0 Å². The van der Waals surface area contributed by atoms with Gasteiger partial charge in [0.15, 0.2) is 0 Å². The summed E-state index contributed by atoms with van der Waals surface area (Å²) in [4.78, 5) is 0. The zero-order valence-corrected chi connectivity index (χ0v) is 10.4.